The SMILES string of the molecule is CC(C)C(C1CCCCN1C)[N+](=O)[O-]. The fraction of sp³-hybridized carbons (Fsp3) is 1.00. The molecule has 0 bridgehead atoms. The Kier molecular flexibility index (Phi) is 3.86. The first-order chi connectivity index (χ1) is 6.54. The lowest BCUT2D eigenvalue weighted by molar-refractivity contribution is -0.539. The van der Waals surface area contributed by atoms with Gasteiger partial charge in [0.25, 0.3) is 0 Å². The minimum Gasteiger partial charge on any atom is -0.297 e. The van der Waals surface area contributed by atoms with Crippen LogP contribution in [0, 0.1) is 16.0 Å². The Morgan fingerprint density at radius 1 is 1.43 bits per heavy atom. The molecule has 2 unspecified atom stereocenters. The van der Waals surface area contributed by atoms with E-state index in [1.165, 1.54) is 6.42 Å². The Hall–Kier alpha value is -0.640. The molecule has 4 heteroatoms. The van der Waals surface area contributed by atoms with E-state index in [9.17, 15) is 10.1 Å². The van der Waals surface area contributed by atoms with Gasteiger partial charge in [0.15, 0.2) is 0 Å². The summed E-state index contributed by atoms with van der Waals surface area (Å²) in [5.41, 5.74) is 0. The molecule has 1 fully saturated rings. The number of piperidine rings is 1. The summed E-state index contributed by atoms with van der Waals surface area (Å²) in [6.07, 6.45) is 3.28. The van der Waals surface area contributed by atoms with Crippen molar-refractivity contribution in [3.05, 3.63) is 10.1 Å². The highest BCUT2D eigenvalue weighted by molar-refractivity contribution is 4.83. The van der Waals surface area contributed by atoms with E-state index >= 15 is 0 Å². The first kappa shape index (κ1) is 11.4. The van der Waals surface area contributed by atoms with Crippen molar-refractivity contribution in [1.29, 1.82) is 0 Å². The third kappa shape index (κ3) is 2.44. The number of rotatable bonds is 3. The van der Waals surface area contributed by atoms with Gasteiger partial charge in [0.2, 0.25) is 6.04 Å². The Balaban J connectivity index is 2.70. The zero-order valence-electron chi connectivity index (χ0n) is 9.27. The topological polar surface area (TPSA) is 46.4 Å². The second kappa shape index (κ2) is 4.73. The van der Waals surface area contributed by atoms with Crippen LogP contribution in [0.3, 0.4) is 0 Å². The highest BCUT2D eigenvalue weighted by Gasteiger charge is 2.37. The zero-order chi connectivity index (χ0) is 10.7. The monoisotopic (exact) mass is 200 g/mol. The normalized spacial score (nSPS) is 26.4. The van der Waals surface area contributed by atoms with Gasteiger partial charge in [-0.25, -0.2) is 0 Å². The Morgan fingerprint density at radius 2 is 2.07 bits per heavy atom. The van der Waals surface area contributed by atoms with E-state index < -0.39 is 6.04 Å². The number of nitro groups is 1. The van der Waals surface area contributed by atoms with Crippen molar-refractivity contribution in [3.63, 3.8) is 0 Å². The van der Waals surface area contributed by atoms with Crippen LogP contribution in [0.2, 0.25) is 0 Å². The predicted octanol–water partition coefficient (Wildman–Crippen LogP) is 1.77. The molecule has 1 saturated heterocycles. The van der Waals surface area contributed by atoms with Gasteiger partial charge in [-0.15, -0.1) is 0 Å². The number of nitrogens with zero attached hydrogens (tertiary/aromatic N) is 2. The highest BCUT2D eigenvalue weighted by atomic mass is 16.6. The van der Waals surface area contributed by atoms with Gasteiger partial charge in [0, 0.05) is 10.8 Å². The van der Waals surface area contributed by atoms with Crippen molar-refractivity contribution in [2.45, 2.75) is 45.2 Å². The molecule has 0 amide bonds. The largest absolute Gasteiger partial charge is 0.297 e. The third-order valence-corrected chi connectivity index (χ3v) is 3.15. The second-order valence-corrected chi connectivity index (χ2v) is 4.56. The number of likely N-dealkylation sites (N-methyl/N-ethyl adjacent to an activating group) is 1. The van der Waals surface area contributed by atoms with Crippen LogP contribution in [0.4, 0.5) is 0 Å². The van der Waals surface area contributed by atoms with Crippen LogP contribution in [0.25, 0.3) is 0 Å². The van der Waals surface area contributed by atoms with E-state index in [2.05, 4.69) is 4.90 Å². The van der Waals surface area contributed by atoms with Crippen LogP contribution in [-0.2, 0) is 0 Å². The van der Waals surface area contributed by atoms with Gasteiger partial charge in [-0.3, -0.25) is 15.0 Å². The Labute approximate surface area is 85.4 Å². The molecule has 14 heavy (non-hydrogen) atoms. The minimum atomic E-state index is -0.403. The molecule has 2 atom stereocenters. The molecule has 0 aromatic carbocycles. The van der Waals surface area contributed by atoms with Crippen molar-refractivity contribution < 1.29 is 4.92 Å². The summed E-state index contributed by atoms with van der Waals surface area (Å²) in [5, 5.41) is 11.0. The summed E-state index contributed by atoms with van der Waals surface area (Å²) in [7, 11) is 2.00. The van der Waals surface area contributed by atoms with Crippen molar-refractivity contribution >= 4 is 0 Å². The predicted molar refractivity (Wildman–Crippen MR) is 55.9 cm³/mol. The fourth-order valence-electron chi connectivity index (χ4n) is 2.36. The van der Waals surface area contributed by atoms with Crippen molar-refractivity contribution in [3.8, 4) is 0 Å². The molecule has 0 saturated carbocycles. The lowest BCUT2D eigenvalue weighted by Crippen LogP contribution is -2.50. The summed E-state index contributed by atoms with van der Waals surface area (Å²) in [6, 6.07) is -0.265. The molecular formula is C10H20N2O2. The number of hydrogen-bond donors (Lipinski definition) is 0. The van der Waals surface area contributed by atoms with Crippen molar-refractivity contribution in [2.24, 2.45) is 5.92 Å². The van der Waals surface area contributed by atoms with Gasteiger partial charge in [-0.05, 0) is 26.4 Å². The maximum Gasteiger partial charge on any atom is 0.230 e. The lowest BCUT2D eigenvalue weighted by atomic mass is 9.90. The van der Waals surface area contributed by atoms with Crippen LogP contribution < -0.4 is 0 Å². The van der Waals surface area contributed by atoms with Crippen molar-refractivity contribution in [2.75, 3.05) is 13.6 Å². The molecule has 0 N–H and O–H groups in total. The van der Waals surface area contributed by atoms with E-state index in [0.29, 0.717) is 0 Å². The van der Waals surface area contributed by atoms with Gasteiger partial charge in [-0.2, -0.15) is 0 Å². The molecule has 0 aromatic heterocycles. The van der Waals surface area contributed by atoms with E-state index in [0.717, 1.165) is 19.4 Å². The maximum atomic E-state index is 11.0. The maximum absolute atomic E-state index is 11.0. The van der Waals surface area contributed by atoms with Gasteiger partial charge in [0.05, 0.1) is 6.04 Å². The van der Waals surface area contributed by atoms with Gasteiger partial charge in [0.1, 0.15) is 0 Å². The third-order valence-electron chi connectivity index (χ3n) is 3.15. The van der Waals surface area contributed by atoms with E-state index in [1.807, 2.05) is 20.9 Å². The molecule has 0 aromatic rings. The van der Waals surface area contributed by atoms with Crippen LogP contribution in [-0.4, -0.2) is 35.5 Å². The molecule has 0 spiro atoms. The van der Waals surface area contributed by atoms with Crippen LogP contribution >= 0.6 is 0 Å². The molecule has 1 aliphatic heterocycles. The fourth-order valence-corrected chi connectivity index (χ4v) is 2.36. The van der Waals surface area contributed by atoms with Gasteiger partial charge >= 0.3 is 0 Å². The summed E-state index contributed by atoms with van der Waals surface area (Å²) >= 11 is 0. The molecule has 0 radical (unpaired) electrons. The van der Waals surface area contributed by atoms with Crippen LogP contribution in [0.5, 0.6) is 0 Å². The Bertz CT molecular complexity index is 206. The Morgan fingerprint density at radius 3 is 2.50 bits per heavy atom. The van der Waals surface area contributed by atoms with Crippen LogP contribution in [0.15, 0.2) is 0 Å². The van der Waals surface area contributed by atoms with Crippen LogP contribution in [0.1, 0.15) is 33.1 Å². The first-order valence-corrected chi connectivity index (χ1v) is 5.37. The quantitative estimate of drug-likeness (QED) is 0.515. The standard InChI is InChI=1S/C10H20N2O2/c1-8(2)10(12(13)14)9-6-4-5-7-11(9)3/h8-10H,4-7H2,1-3H3. The second-order valence-electron chi connectivity index (χ2n) is 4.56. The molecule has 0 aliphatic carbocycles. The molecule has 1 rings (SSSR count). The average Bonchev–Trinajstić information content (AvgIpc) is 2.07. The highest BCUT2D eigenvalue weighted by Crippen LogP contribution is 2.23. The summed E-state index contributed by atoms with van der Waals surface area (Å²) in [5.74, 6) is 0.121. The van der Waals surface area contributed by atoms with Gasteiger partial charge in [-0.1, -0.05) is 20.3 Å². The molecule has 82 valence electrons. The number of likely N-dealkylation sites (tertiary alicyclic amines) is 1. The number of hydrogen-bond acceptors (Lipinski definition) is 3. The summed E-state index contributed by atoms with van der Waals surface area (Å²) in [4.78, 5) is 13.0. The van der Waals surface area contributed by atoms with E-state index in [-0.39, 0.29) is 16.9 Å². The van der Waals surface area contributed by atoms with Gasteiger partial charge < -0.3 is 0 Å². The zero-order valence-corrected chi connectivity index (χ0v) is 9.27. The molecule has 4 nitrogen and oxygen atoms in total. The molecule has 1 aliphatic rings. The lowest BCUT2D eigenvalue weighted by Gasteiger charge is -2.35. The van der Waals surface area contributed by atoms with E-state index in [4.69, 9.17) is 0 Å². The minimum absolute atomic E-state index is 0.100. The smallest absolute Gasteiger partial charge is 0.230 e. The molecular weight excluding hydrogens is 180 g/mol. The summed E-state index contributed by atoms with van der Waals surface area (Å²) < 4.78 is 0. The average molecular weight is 200 g/mol. The van der Waals surface area contributed by atoms with E-state index in [1.54, 1.807) is 0 Å². The summed E-state index contributed by atoms with van der Waals surface area (Å²) in [6.45, 7) is 4.88. The first-order valence-electron chi connectivity index (χ1n) is 5.37. The van der Waals surface area contributed by atoms with Crippen molar-refractivity contribution in [1.82, 2.24) is 4.90 Å². The molecule has 1 heterocycles.